The highest BCUT2D eigenvalue weighted by molar-refractivity contribution is 6.49. The van der Waals surface area contributed by atoms with Gasteiger partial charge < -0.3 is 0 Å². The fourth-order valence-corrected chi connectivity index (χ4v) is 2.16. The summed E-state index contributed by atoms with van der Waals surface area (Å²) in [7, 11) is 0. The summed E-state index contributed by atoms with van der Waals surface area (Å²) >= 11 is 10.1. The van der Waals surface area contributed by atoms with Crippen LogP contribution in [-0.4, -0.2) is 16.7 Å². The molecule has 0 aliphatic heterocycles. The topological polar surface area (TPSA) is 0 Å². The number of hydrogen-bond acceptors (Lipinski definition) is 0. The van der Waals surface area contributed by atoms with E-state index in [0.29, 0.717) is 5.56 Å². The molecule has 8 heteroatoms. The number of rotatable bonds is 5. The van der Waals surface area contributed by atoms with Crippen molar-refractivity contribution in [3.8, 4) is 0 Å². The van der Waals surface area contributed by atoms with Crippen molar-refractivity contribution in [1.29, 1.82) is 0 Å². The summed E-state index contributed by atoms with van der Waals surface area (Å²) in [5, 5.41) is 0. The van der Waals surface area contributed by atoms with Crippen LogP contribution >= 0.6 is 23.2 Å². The number of alkyl halides is 8. The molecule has 0 radical (unpaired) electrons. The highest BCUT2D eigenvalue weighted by Gasteiger charge is 2.56. The summed E-state index contributed by atoms with van der Waals surface area (Å²) < 4.78 is 72.7. The quantitative estimate of drug-likeness (QED) is 0.455. The van der Waals surface area contributed by atoms with Crippen LogP contribution in [0, 0.1) is 5.92 Å². The lowest BCUT2D eigenvalue weighted by atomic mass is 9.94. The van der Waals surface area contributed by atoms with Gasteiger partial charge in [0.05, 0.1) is 5.92 Å². The molecule has 0 spiro atoms. The molecule has 0 heterocycles. The second-order valence-electron chi connectivity index (χ2n) is 4.67. The van der Waals surface area contributed by atoms with Crippen molar-refractivity contribution >= 4 is 23.2 Å². The molecule has 0 nitrogen and oxygen atoms in total. The third kappa shape index (κ3) is 5.58. The van der Waals surface area contributed by atoms with Crippen molar-refractivity contribution in [3.63, 3.8) is 0 Å². The SMILES string of the molecule is FC(F)(F)C(CCc1ccccc1)CC(Cl)(Cl)C(F)(F)F. The van der Waals surface area contributed by atoms with Gasteiger partial charge in [0.2, 0.25) is 4.33 Å². The first kappa shape index (κ1) is 18.4. The minimum absolute atomic E-state index is 0.00721. The molecule has 0 aromatic heterocycles. The molecule has 0 fully saturated rings. The van der Waals surface area contributed by atoms with Gasteiger partial charge in [0, 0.05) is 6.42 Å². The zero-order chi connectivity index (χ0) is 16.3. The van der Waals surface area contributed by atoms with Gasteiger partial charge in [-0.3, -0.25) is 0 Å². The van der Waals surface area contributed by atoms with E-state index in [1.54, 1.807) is 30.3 Å². The van der Waals surface area contributed by atoms with E-state index in [1.165, 1.54) is 0 Å². The first-order valence-corrected chi connectivity index (χ1v) is 6.74. The highest BCUT2D eigenvalue weighted by Crippen LogP contribution is 2.48. The molecule has 1 rings (SSSR count). The summed E-state index contributed by atoms with van der Waals surface area (Å²) in [6, 6.07) is 8.18. The van der Waals surface area contributed by atoms with Crippen LogP contribution in [0.4, 0.5) is 26.3 Å². The monoisotopic (exact) mass is 352 g/mol. The maximum absolute atomic E-state index is 12.9. The molecule has 120 valence electrons. The van der Waals surface area contributed by atoms with Gasteiger partial charge in [-0.1, -0.05) is 53.5 Å². The van der Waals surface area contributed by atoms with Crippen molar-refractivity contribution in [2.45, 2.75) is 35.9 Å². The molecule has 21 heavy (non-hydrogen) atoms. The molecule has 0 aliphatic rings. The smallest absolute Gasteiger partial charge is 0.171 e. The molecule has 1 unspecified atom stereocenters. The van der Waals surface area contributed by atoms with Crippen molar-refractivity contribution in [2.75, 3.05) is 0 Å². The summed E-state index contributed by atoms with van der Waals surface area (Å²) in [5.74, 6) is -2.23. The number of hydrogen-bond donors (Lipinski definition) is 0. The Kier molecular flexibility index (Phi) is 5.83. The minimum atomic E-state index is -5.12. The summed E-state index contributed by atoms with van der Waals surface area (Å²) in [5.41, 5.74) is 0.605. The van der Waals surface area contributed by atoms with E-state index in [0.717, 1.165) is 0 Å². The molecule has 0 bridgehead atoms. The van der Waals surface area contributed by atoms with Crippen LogP contribution in [0.5, 0.6) is 0 Å². The largest absolute Gasteiger partial charge is 0.421 e. The van der Waals surface area contributed by atoms with E-state index >= 15 is 0 Å². The molecule has 0 amide bonds. The van der Waals surface area contributed by atoms with Gasteiger partial charge in [-0.2, -0.15) is 26.3 Å². The summed E-state index contributed by atoms with van der Waals surface area (Å²) in [4.78, 5) is 0. The van der Waals surface area contributed by atoms with Gasteiger partial charge in [-0.15, -0.1) is 0 Å². The molecule has 0 saturated carbocycles. The molecular weight excluding hydrogens is 341 g/mol. The lowest BCUT2D eigenvalue weighted by Gasteiger charge is -2.29. The van der Waals surface area contributed by atoms with Crippen LogP contribution in [0.25, 0.3) is 0 Å². The van der Waals surface area contributed by atoms with Crippen LogP contribution in [0.1, 0.15) is 18.4 Å². The van der Waals surface area contributed by atoms with Gasteiger partial charge in [0.15, 0.2) is 0 Å². The van der Waals surface area contributed by atoms with Gasteiger partial charge in [-0.25, -0.2) is 0 Å². The first-order chi connectivity index (χ1) is 9.43. The van der Waals surface area contributed by atoms with Crippen LogP contribution in [0.3, 0.4) is 0 Å². The summed E-state index contributed by atoms with van der Waals surface area (Å²) in [6.45, 7) is 0. The fourth-order valence-electron chi connectivity index (χ4n) is 1.79. The van der Waals surface area contributed by atoms with E-state index in [2.05, 4.69) is 0 Å². The van der Waals surface area contributed by atoms with Crippen molar-refractivity contribution < 1.29 is 26.3 Å². The van der Waals surface area contributed by atoms with E-state index in [4.69, 9.17) is 23.2 Å². The lowest BCUT2D eigenvalue weighted by Crippen LogP contribution is -2.39. The first-order valence-electron chi connectivity index (χ1n) is 5.98. The van der Waals surface area contributed by atoms with Crippen molar-refractivity contribution in [2.24, 2.45) is 5.92 Å². The van der Waals surface area contributed by atoms with Gasteiger partial charge in [0.1, 0.15) is 0 Å². The fraction of sp³-hybridized carbons (Fsp3) is 0.538. The molecule has 0 saturated heterocycles. The lowest BCUT2D eigenvalue weighted by molar-refractivity contribution is -0.193. The Morgan fingerprint density at radius 1 is 0.905 bits per heavy atom. The average Bonchev–Trinajstić information content (AvgIpc) is 2.33. The zero-order valence-electron chi connectivity index (χ0n) is 10.6. The average molecular weight is 353 g/mol. The van der Waals surface area contributed by atoms with E-state index in [1.807, 2.05) is 0 Å². The van der Waals surface area contributed by atoms with Crippen LogP contribution in [0.2, 0.25) is 0 Å². The van der Waals surface area contributed by atoms with E-state index < -0.39 is 35.4 Å². The molecule has 0 aliphatic carbocycles. The highest BCUT2D eigenvalue weighted by atomic mass is 35.5. The zero-order valence-corrected chi connectivity index (χ0v) is 12.1. The number of halogens is 8. The Morgan fingerprint density at radius 2 is 1.43 bits per heavy atom. The Labute approximate surface area is 128 Å². The normalized spacial score (nSPS) is 15.0. The van der Waals surface area contributed by atoms with Gasteiger partial charge in [-0.05, 0) is 18.4 Å². The molecule has 0 N–H and O–H groups in total. The third-order valence-corrected chi connectivity index (χ3v) is 3.74. The summed E-state index contributed by atoms with van der Waals surface area (Å²) in [6.07, 6.45) is -11.9. The Hall–Kier alpha value is -0.620. The van der Waals surface area contributed by atoms with Gasteiger partial charge in [0.25, 0.3) is 0 Å². The van der Waals surface area contributed by atoms with Crippen LogP contribution in [0.15, 0.2) is 30.3 Å². The van der Waals surface area contributed by atoms with E-state index in [-0.39, 0.29) is 6.42 Å². The molecule has 1 aromatic rings. The van der Waals surface area contributed by atoms with E-state index in [9.17, 15) is 26.3 Å². The molecule has 1 aromatic carbocycles. The second kappa shape index (κ2) is 6.65. The maximum atomic E-state index is 12.9. The van der Waals surface area contributed by atoms with Gasteiger partial charge >= 0.3 is 12.4 Å². The maximum Gasteiger partial charge on any atom is 0.421 e. The standard InChI is InChI=1S/C13H12Cl2F6/c14-11(15,13(19,20)21)8-10(12(16,17)18)7-6-9-4-2-1-3-5-9/h1-5,10H,6-8H2. The Morgan fingerprint density at radius 3 is 1.86 bits per heavy atom. The third-order valence-electron chi connectivity index (χ3n) is 3.00. The van der Waals surface area contributed by atoms with Crippen LogP contribution < -0.4 is 0 Å². The van der Waals surface area contributed by atoms with Crippen LogP contribution in [-0.2, 0) is 6.42 Å². The van der Waals surface area contributed by atoms with Crippen molar-refractivity contribution in [1.82, 2.24) is 0 Å². The number of aryl methyl sites for hydroxylation is 1. The Balaban J connectivity index is 2.78. The molecule has 1 atom stereocenters. The Bertz CT molecular complexity index is 438. The van der Waals surface area contributed by atoms with Crippen molar-refractivity contribution in [3.05, 3.63) is 35.9 Å². The predicted octanol–water partition coefficient (Wildman–Crippen LogP) is 5.92. The number of benzene rings is 1. The second-order valence-corrected chi connectivity index (χ2v) is 6.15. The predicted molar refractivity (Wildman–Crippen MR) is 69.4 cm³/mol. The molecular formula is C13H12Cl2F6. The minimum Gasteiger partial charge on any atom is -0.171 e.